The molecule has 0 aromatic heterocycles. The van der Waals surface area contributed by atoms with Crippen molar-refractivity contribution in [1.82, 2.24) is 0 Å². The number of ether oxygens (including phenoxy) is 3. The third-order valence-electron chi connectivity index (χ3n) is 3.93. The zero-order valence-electron chi connectivity index (χ0n) is 13.5. The van der Waals surface area contributed by atoms with Crippen molar-refractivity contribution in [3.63, 3.8) is 0 Å². The molecular weight excluding hydrogens is 330 g/mol. The zero-order valence-corrected chi connectivity index (χ0v) is 14.3. The molecule has 3 rings (SSSR count). The Morgan fingerprint density at radius 1 is 1.29 bits per heavy atom. The maximum atomic E-state index is 12.2. The van der Waals surface area contributed by atoms with Crippen LogP contribution in [0.1, 0.15) is 15.9 Å². The van der Waals surface area contributed by atoms with E-state index in [2.05, 4.69) is 17.0 Å². The highest BCUT2D eigenvalue weighted by Crippen LogP contribution is 2.45. The first-order chi connectivity index (χ1) is 11.7. The smallest absolute Gasteiger partial charge is 0.345 e. The second-order valence-corrected chi connectivity index (χ2v) is 5.77. The number of hydrogen-bond donors (Lipinski definition) is 0. The van der Waals surface area contributed by atoms with Crippen LogP contribution in [0.2, 0.25) is 5.02 Å². The second-order valence-electron chi connectivity index (χ2n) is 5.36. The van der Waals surface area contributed by atoms with Crippen molar-refractivity contribution in [3.8, 4) is 11.5 Å². The summed E-state index contributed by atoms with van der Waals surface area (Å²) in [6.45, 7) is 1.86. The summed E-state index contributed by atoms with van der Waals surface area (Å²) >= 11 is 6.32. The van der Waals surface area contributed by atoms with Crippen LogP contribution >= 0.6 is 11.6 Å². The van der Waals surface area contributed by atoms with Crippen molar-refractivity contribution >= 4 is 23.3 Å². The number of methoxy groups -OCH3 is 2. The van der Waals surface area contributed by atoms with E-state index in [9.17, 15) is 4.79 Å². The molecule has 1 aliphatic heterocycles. The van der Waals surface area contributed by atoms with Gasteiger partial charge in [-0.25, -0.2) is 4.79 Å². The Bertz CT molecular complexity index is 748. The molecule has 0 fully saturated rings. The van der Waals surface area contributed by atoms with Crippen molar-refractivity contribution in [2.45, 2.75) is 6.54 Å². The topological polar surface area (TPSA) is 48.0 Å². The minimum atomic E-state index is -0.535. The summed E-state index contributed by atoms with van der Waals surface area (Å²) in [7, 11) is 2.78. The van der Waals surface area contributed by atoms with Gasteiger partial charge in [-0.15, -0.1) is 0 Å². The molecule has 2 aromatic carbocycles. The van der Waals surface area contributed by atoms with Gasteiger partial charge in [0.2, 0.25) is 0 Å². The lowest BCUT2D eigenvalue weighted by Gasteiger charge is -2.33. The van der Waals surface area contributed by atoms with E-state index in [-0.39, 0.29) is 11.3 Å². The van der Waals surface area contributed by atoms with Crippen LogP contribution in [0.15, 0.2) is 36.4 Å². The lowest BCUT2D eigenvalue weighted by atomic mass is 10.1. The fourth-order valence-corrected chi connectivity index (χ4v) is 3.09. The fraction of sp³-hybridized carbons (Fsp3) is 0.278. The number of fused-ring (bicyclic) bond motifs is 1. The molecule has 0 bridgehead atoms. The monoisotopic (exact) mass is 347 g/mol. The molecule has 0 radical (unpaired) electrons. The first-order valence-electron chi connectivity index (χ1n) is 7.56. The fourth-order valence-electron chi connectivity index (χ4n) is 2.82. The Labute approximate surface area is 145 Å². The Hall–Kier alpha value is -2.40. The van der Waals surface area contributed by atoms with Crippen molar-refractivity contribution in [2.24, 2.45) is 0 Å². The van der Waals surface area contributed by atoms with Gasteiger partial charge in [0, 0.05) is 6.54 Å². The third kappa shape index (κ3) is 2.99. The van der Waals surface area contributed by atoms with E-state index in [1.807, 2.05) is 18.2 Å². The standard InChI is InChI=1S/C18H18ClNO4/c1-22-16-13(19)10-14-17(15(16)18(21)23-2)24-9-8-20(14)11-12-6-4-3-5-7-12/h3-7,10H,8-9,11H2,1-2H3. The molecule has 0 saturated heterocycles. The zero-order chi connectivity index (χ0) is 17.1. The molecule has 0 amide bonds. The Balaban J connectivity index is 2.07. The van der Waals surface area contributed by atoms with E-state index in [0.29, 0.717) is 30.5 Å². The van der Waals surface area contributed by atoms with E-state index in [1.165, 1.54) is 14.2 Å². The van der Waals surface area contributed by atoms with Crippen molar-refractivity contribution in [1.29, 1.82) is 0 Å². The molecule has 6 heteroatoms. The van der Waals surface area contributed by atoms with Crippen LogP contribution < -0.4 is 14.4 Å². The highest BCUT2D eigenvalue weighted by molar-refractivity contribution is 6.33. The minimum Gasteiger partial charge on any atom is -0.494 e. The molecule has 5 nitrogen and oxygen atoms in total. The number of benzene rings is 2. The number of hydrogen-bond acceptors (Lipinski definition) is 5. The van der Waals surface area contributed by atoms with Gasteiger partial charge in [-0.05, 0) is 11.6 Å². The number of halogens is 1. The van der Waals surface area contributed by atoms with E-state index in [4.69, 9.17) is 25.8 Å². The predicted molar refractivity (Wildman–Crippen MR) is 92.3 cm³/mol. The number of anilines is 1. The largest absolute Gasteiger partial charge is 0.494 e. The quantitative estimate of drug-likeness (QED) is 0.792. The van der Waals surface area contributed by atoms with Crippen LogP contribution in [0.25, 0.3) is 0 Å². The van der Waals surface area contributed by atoms with E-state index in [0.717, 1.165) is 11.3 Å². The highest BCUT2D eigenvalue weighted by atomic mass is 35.5. The lowest BCUT2D eigenvalue weighted by Crippen LogP contribution is -2.33. The van der Waals surface area contributed by atoms with Gasteiger partial charge in [0.05, 0.1) is 31.5 Å². The number of carbonyl (C=O) groups excluding carboxylic acids is 1. The van der Waals surface area contributed by atoms with Crippen LogP contribution in [0.3, 0.4) is 0 Å². The molecular formula is C18H18ClNO4. The molecule has 0 saturated carbocycles. The van der Waals surface area contributed by atoms with Gasteiger partial charge >= 0.3 is 5.97 Å². The molecule has 0 aliphatic carbocycles. The van der Waals surface area contributed by atoms with Gasteiger partial charge < -0.3 is 19.1 Å². The van der Waals surface area contributed by atoms with Gasteiger partial charge in [-0.1, -0.05) is 41.9 Å². The Morgan fingerprint density at radius 3 is 2.71 bits per heavy atom. The van der Waals surface area contributed by atoms with E-state index in [1.54, 1.807) is 6.07 Å². The first-order valence-corrected chi connectivity index (χ1v) is 7.94. The van der Waals surface area contributed by atoms with Gasteiger partial charge in [-0.3, -0.25) is 0 Å². The third-order valence-corrected chi connectivity index (χ3v) is 4.21. The van der Waals surface area contributed by atoms with Crippen LogP contribution in [0.4, 0.5) is 5.69 Å². The van der Waals surface area contributed by atoms with Gasteiger partial charge in [0.25, 0.3) is 0 Å². The molecule has 0 atom stereocenters. The van der Waals surface area contributed by atoms with Gasteiger partial charge in [0.1, 0.15) is 12.2 Å². The van der Waals surface area contributed by atoms with Gasteiger partial charge in [0.15, 0.2) is 11.5 Å². The van der Waals surface area contributed by atoms with Crippen LogP contribution in [-0.4, -0.2) is 33.3 Å². The van der Waals surface area contributed by atoms with Crippen LogP contribution in [0, 0.1) is 0 Å². The summed E-state index contributed by atoms with van der Waals surface area (Å²) in [5.41, 5.74) is 2.15. The summed E-state index contributed by atoms with van der Waals surface area (Å²) in [6.07, 6.45) is 0. The maximum absolute atomic E-state index is 12.2. The van der Waals surface area contributed by atoms with Crippen molar-refractivity contribution in [2.75, 3.05) is 32.3 Å². The molecule has 24 heavy (non-hydrogen) atoms. The number of nitrogens with zero attached hydrogens (tertiary/aromatic N) is 1. The summed E-state index contributed by atoms with van der Waals surface area (Å²) in [5, 5.41) is 0.347. The summed E-state index contributed by atoms with van der Waals surface area (Å²) in [6, 6.07) is 11.9. The second kappa shape index (κ2) is 7.01. The molecule has 126 valence electrons. The summed E-state index contributed by atoms with van der Waals surface area (Å²) in [4.78, 5) is 14.4. The minimum absolute atomic E-state index is 0.222. The Kier molecular flexibility index (Phi) is 4.81. The molecule has 0 spiro atoms. The number of esters is 1. The Morgan fingerprint density at radius 2 is 2.04 bits per heavy atom. The molecule has 1 aliphatic rings. The maximum Gasteiger partial charge on any atom is 0.345 e. The van der Waals surface area contributed by atoms with Crippen molar-refractivity contribution in [3.05, 3.63) is 52.5 Å². The number of rotatable bonds is 4. The molecule has 2 aromatic rings. The normalized spacial score (nSPS) is 13.0. The first kappa shape index (κ1) is 16.5. The van der Waals surface area contributed by atoms with Crippen LogP contribution in [-0.2, 0) is 11.3 Å². The van der Waals surface area contributed by atoms with E-state index < -0.39 is 5.97 Å². The predicted octanol–water partition coefficient (Wildman–Crippen LogP) is 3.53. The average molecular weight is 348 g/mol. The average Bonchev–Trinajstić information content (AvgIpc) is 2.61. The van der Waals surface area contributed by atoms with Gasteiger partial charge in [-0.2, -0.15) is 0 Å². The summed E-state index contributed by atoms with van der Waals surface area (Å²) < 4.78 is 15.9. The molecule has 0 unspecified atom stereocenters. The number of carbonyl (C=O) groups is 1. The highest BCUT2D eigenvalue weighted by Gasteiger charge is 2.30. The molecule has 0 N–H and O–H groups in total. The lowest BCUT2D eigenvalue weighted by molar-refractivity contribution is 0.0591. The molecule has 1 heterocycles. The SMILES string of the molecule is COC(=O)c1c(OC)c(Cl)cc2c1OCCN2Cc1ccccc1. The van der Waals surface area contributed by atoms with Crippen LogP contribution in [0.5, 0.6) is 11.5 Å². The van der Waals surface area contributed by atoms with Crippen molar-refractivity contribution < 1.29 is 19.0 Å². The van der Waals surface area contributed by atoms with E-state index >= 15 is 0 Å². The summed E-state index contributed by atoms with van der Waals surface area (Å²) in [5.74, 6) is 0.182.